The second-order valence-electron chi connectivity index (χ2n) is 10.9. The molecule has 1 saturated heterocycles. The SMILES string of the molecule is C#CC.CC=Nc1ccc(C(F)(F)F)cc1C(C)NCC(N)=O.CCC(CCO)N1CCC(SC2CCc3cc(F)ncc32)C1. The zero-order valence-electron chi connectivity index (χ0n) is 26.4. The van der Waals surface area contributed by atoms with Crippen LogP contribution in [0.5, 0.6) is 0 Å². The number of carbonyl (C=O) groups excluding carboxylic acids is 1. The van der Waals surface area contributed by atoms with E-state index in [-0.39, 0.29) is 19.1 Å². The number of aliphatic hydroxyl groups is 1. The van der Waals surface area contributed by atoms with Gasteiger partial charge in [-0.15, -0.1) is 24.1 Å². The molecule has 0 spiro atoms. The predicted molar refractivity (Wildman–Crippen MR) is 174 cm³/mol. The van der Waals surface area contributed by atoms with Crippen molar-refractivity contribution >= 4 is 29.6 Å². The third kappa shape index (κ3) is 12.0. The highest BCUT2D eigenvalue weighted by atomic mass is 32.2. The number of fused-ring (bicyclic) bond motifs is 1. The van der Waals surface area contributed by atoms with E-state index in [0.29, 0.717) is 27.8 Å². The van der Waals surface area contributed by atoms with E-state index in [4.69, 9.17) is 5.73 Å². The summed E-state index contributed by atoms with van der Waals surface area (Å²) in [5, 5.41) is 13.1. The summed E-state index contributed by atoms with van der Waals surface area (Å²) in [5.41, 5.74) is 7.42. The molecule has 2 aliphatic rings. The van der Waals surface area contributed by atoms with Crippen LogP contribution in [0.1, 0.15) is 86.9 Å². The minimum absolute atomic E-state index is 0.118. The van der Waals surface area contributed by atoms with Gasteiger partial charge in [-0.1, -0.05) is 6.92 Å². The van der Waals surface area contributed by atoms with Gasteiger partial charge in [-0.3, -0.25) is 14.7 Å². The number of terminal acetylenes is 1. The number of nitrogens with zero attached hydrogens (tertiary/aromatic N) is 3. The van der Waals surface area contributed by atoms with Crippen LogP contribution >= 0.6 is 11.8 Å². The van der Waals surface area contributed by atoms with Crippen LogP contribution in [0.3, 0.4) is 0 Å². The summed E-state index contributed by atoms with van der Waals surface area (Å²) in [6.45, 7) is 9.58. The number of rotatable bonds is 11. The van der Waals surface area contributed by atoms with Gasteiger partial charge >= 0.3 is 6.18 Å². The summed E-state index contributed by atoms with van der Waals surface area (Å²) in [6.07, 6.45) is 8.69. The second-order valence-corrected chi connectivity index (χ2v) is 12.4. The number of hydrogen-bond donors (Lipinski definition) is 3. The predicted octanol–water partition coefficient (Wildman–Crippen LogP) is 6.38. The Morgan fingerprint density at radius 1 is 1.36 bits per heavy atom. The van der Waals surface area contributed by atoms with Gasteiger partial charge in [0.2, 0.25) is 11.9 Å². The molecule has 12 heteroatoms. The van der Waals surface area contributed by atoms with E-state index in [1.165, 1.54) is 24.3 Å². The van der Waals surface area contributed by atoms with Gasteiger partial charge in [-0.25, -0.2) is 4.98 Å². The molecule has 45 heavy (non-hydrogen) atoms. The number of benzene rings is 1. The second kappa shape index (κ2) is 18.9. The Labute approximate surface area is 268 Å². The number of halogens is 4. The van der Waals surface area contributed by atoms with E-state index < -0.39 is 23.7 Å². The fourth-order valence-electron chi connectivity index (χ4n) is 5.49. The molecule has 1 amide bonds. The van der Waals surface area contributed by atoms with E-state index in [0.717, 1.165) is 56.5 Å². The molecular weight excluding hydrogens is 606 g/mol. The van der Waals surface area contributed by atoms with Crippen molar-refractivity contribution in [3.63, 3.8) is 0 Å². The van der Waals surface area contributed by atoms with Crippen molar-refractivity contribution in [3.8, 4) is 12.3 Å². The Balaban J connectivity index is 0.000000290. The van der Waals surface area contributed by atoms with Crippen LogP contribution in [-0.4, -0.2) is 64.6 Å². The van der Waals surface area contributed by atoms with E-state index >= 15 is 0 Å². The van der Waals surface area contributed by atoms with E-state index in [1.54, 1.807) is 33.0 Å². The normalized spacial score (nSPS) is 19.1. The number of carbonyl (C=O) groups is 1. The van der Waals surface area contributed by atoms with Crippen LogP contribution in [-0.2, 0) is 17.4 Å². The van der Waals surface area contributed by atoms with Crippen LogP contribution in [0, 0.1) is 18.3 Å². The molecule has 0 bridgehead atoms. The average molecular weight is 652 g/mol. The lowest BCUT2D eigenvalue weighted by atomic mass is 10.0. The maximum atomic E-state index is 13.2. The number of aliphatic hydroxyl groups excluding tert-OH is 1. The number of likely N-dealkylation sites (tertiary alicyclic amines) is 1. The van der Waals surface area contributed by atoms with Crippen molar-refractivity contribution < 1.29 is 27.5 Å². The third-order valence-corrected chi connectivity index (χ3v) is 9.26. The number of aryl methyl sites for hydroxylation is 1. The van der Waals surface area contributed by atoms with Crippen molar-refractivity contribution in [2.45, 2.75) is 88.6 Å². The molecule has 4 unspecified atom stereocenters. The number of aromatic nitrogens is 1. The molecule has 1 aliphatic heterocycles. The van der Waals surface area contributed by atoms with Gasteiger partial charge in [-0.2, -0.15) is 17.6 Å². The molecule has 2 aromatic rings. The number of pyridine rings is 1. The standard InChI is InChI=1S/C17H25FN2OS.C13H16F3N3O.C3H4/c1-2-13(6-8-21)20-7-5-14(11-20)22-16-4-3-12-9-17(18)19-10-15(12)16;1-3-18-11-5-4-9(13(14,15)16)6-10(11)8(2)19-7-12(17)20;1-3-2/h9-10,13-14,16,21H,2-8,11H2,1H3;3-6,8,19H,7H2,1-2H3,(H2,17,20);1H,2H3. The first-order chi connectivity index (χ1) is 21.4. The molecule has 4 rings (SSSR count). The summed E-state index contributed by atoms with van der Waals surface area (Å²) in [7, 11) is 0. The smallest absolute Gasteiger partial charge is 0.396 e. The van der Waals surface area contributed by atoms with Gasteiger partial charge < -0.3 is 16.2 Å². The van der Waals surface area contributed by atoms with E-state index in [2.05, 4.69) is 39.5 Å². The van der Waals surface area contributed by atoms with Crippen molar-refractivity contribution in [3.05, 3.63) is 58.7 Å². The summed E-state index contributed by atoms with van der Waals surface area (Å²) in [6, 6.07) is 4.95. The number of hydrogen-bond acceptors (Lipinski definition) is 7. The van der Waals surface area contributed by atoms with Gasteiger partial charge in [-0.05, 0) is 100 Å². The highest BCUT2D eigenvalue weighted by Gasteiger charge is 2.33. The Kier molecular flexibility index (Phi) is 16.0. The zero-order chi connectivity index (χ0) is 33.6. The lowest BCUT2D eigenvalue weighted by Gasteiger charge is -2.26. The molecule has 4 N–H and O–H groups in total. The summed E-state index contributed by atoms with van der Waals surface area (Å²) < 4.78 is 51.4. The van der Waals surface area contributed by atoms with Gasteiger partial charge in [0.05, 0.1) is 17.8 Å². The van der Waals surface area contributed by atoms with Crippen LogP contribution in [0.25, 0.3) is 0 Å². The van der Waals surface area contributed by atoms with Crippen molar-refractivity contribution in [2.24, 2.45) is 10.7 Å². The lowest BCUT2D eigenvalue weighted by molar-refractivity contribution is -0.137. The van der Waals surface area contributed by atoms with E-state index in [9.17, 15) is 27.5 Å². The van der Waals surface area contributed by atoms with Crippen LogP contribution in [0.2, 0.25) is 0 Å². The number of primary amides is 1. The molecule has 0 radical (unpaired) electrons. The summed E-state index contributed by atoms with van der Waals surface area (Å²) in [5.74, 6) is 1.32. The van der Waals surface area contributed by atoms with Crippen molar-refractivity contribution in [1.29, 1.82) is 0 Å². The molecule has 4 atom stereocenters. The fraction of sp³-hybridized carbons (Fsp3) is 0.545. The first-order valence-electron chi connectivity index (χ1n) is 15.1. The minimum Gasteiger partial charge on any atom is -0.396 e. The first-order valence-corrected chi connectivity index (χ1v) is 16.1. The van der Waals surface area contributed by atoms with Crippen molar-refractivity contribution in [1.82, 2.24) is 15.2 Å². The quantitative estimate of drug-likeness (QED) is 0.113. The average Bonchev–Trinajstić information content (AvgIpc) is 3.62. The monoisotopic (exact) mass is 651 g/mol. The number of alkyl halides is 3. The van der Waals surface area contributed by atoms with E-state index in [1.807, 2.05) is 11.8 Å². The number of nitrogens with one attached hydrogen (secondary N) is 1. The topological polar surface area (TPSA) is 104 Å². The Hall–Kier alpha value is -2.98. The largest absolute Gasteiger partial charge is 0.416 e. The Morgan fingerprint density at radius 3 is 2.67 bits per heavy atom. The van der Waals surface area contributed by atoms with Crippen LogP contribution in [0.15, 0.2) is 35.5 Å². The maximum absolute atomic E-state index is 13.2. The Bertz CT molecular complexity index is 1300. The van der Waals surface area contributed by atoms with Crippen molar-refractivity contribution in [2.75, 3.05) is 26.2 Å². The maximum Gasteiger partial charge on any atom is 0.416 e. The highest BCUT2D eigenvalue weighted by molar-refractivity contribution is 8.00. The number of nitrogens with two attached hydrogens (primary N) is 1. The van der Waals surface area contributed by atoms with Gasteiger partial charge in [0.25, 0.3) is 0 Å². The molecular formula is C33H45F4N5O2S. The lowest BCUT2D eigenvalue weighted by Crippen LogP contribution is -2.34. The first kappa shape index (κ1) is 38.2. The molecule has 2 heterocycles. The summed E-state index contributed by atoms with van der Waals surface area (Å²) in [4.78, 5) is 21.1. The third-order valence-electron chi connectivity index (χ3n) is 7.67. The number of amides is 1. The van der Waals surface area contributed by atoms with Crippen LogP contribution in [0.4, 0.5) is 23.2 Å². The molecule has 1 aliphatic carbocycles. The Morgan fingerprint density at radius 2 is 2.07 bits per heavy atom. The number of thioether (sulfide) groups is 1. The van der Waals surface area contributed by atoms with Gasteiger partial charge in [0, 0.05) is 48.1 Å². The summed E-state index contributed by atoms with van der Waals surface area (Å²) >= 11 is 2.05. The highest BCUT2D eigenvalue weighted by Crippen LogP contribution is 2.45. The van der Waals surface area contributed by atoms with Crippen LogP contribution < -0.4 is 11.1 Å². The van der Waals surface area contributed by atoms with Gasteiger partial charge in [0.1, 0.15) is 0 Å². The zero-order valence-corrected chi connectivity index (χ0v) is 27.2. The molecule has 0 saturated carbocycles. The molecule has 1 aromatic heterocycles. The fourth-order valence-corrected chi connectivity index (χ4v) is 7.09. The molecule has 1 fully saturated rings. The number of aliphatic imine (C=N–C) groups is 1. The molecule has 248 valence electrons. The van der Waals surface area contributed by atoms with Gasteiger partial charge in [0.15, 0.2) is 0 Å². The minimum atomic E-state index is -4.42. The molecule has 7 nitrogen and oxygen atoms in total. The molecule has 1 aromatic carbocycles.